The van der Waals surface area contributed by atoms with Crippen LogP contribution in [0.2, 0.25) is 0 Å². The van der Waals surface area contributed by atoms with Gasteiger partial charge < -0.3 is 11.1 Å². The van der Waals surface area contributed by atoms with Gasteiger partial charge in [-0.05, 0) is 12.5 Å². The summed E-state index contributed by atoms with van der Waals surface area (Å²) in [5.74, 6) is -0.332. The first-order valence-electron chi connectivity index (χ1n) is 4.51. The highest BCUT2D eigenvalue weighted by Crippen LogP contribution is 1.94. The number of hydrogen-bond acceptors (Lipinski definition) is 4. The molecule has 0 fully saturated rings. The number of rotatable bonds is 5. The van der Waals surface area contributed by atoms with Crippen molar-refractivity contribution in [2.24, 2.45) is 5.73 Å². The first-order valence-corrected chi connectivity index (χ1v) is 4.51. The van der Waals surface area contributed by atoms with Crippen molar-refractivity contribution in [3.8, 4) is 0 Å². The molecule has 1 atom stereocenters. The van der Waals surface area contributed by atoms with Gasteiger partial charge in [-0.15, -0.1) is 0 Å². The van der Waals surface area contributed by atoms with Crippen LogP contribution in [-0.2, 0) is 11.3 Å². The molecule has 0 saturated carbocycles. The van der Waals surface area contributed by atoms with E-state index in [-0.39, 0.29) is 11.9 Å². The van der Waals surface area contributed by atoms with Gasteiger partial charge in [0.1, 0.15) is 6.33 Å². The highest BCUT2D eigenvalue weighted by molar-refractivity contribution is 5.79. The molecule has 3 N–H and O–H groups in total. The van der Waals surface area contributed by atoms with E-state index in [2.05, 4.69) is 15.3 Å². The van der Waals surface area contributed by atoms with Gasteiger partial charge in [0.2, 0.25) is 5.91 Å². The number of nitrogens with one attached hydrogen (secondary N) is 1. The molecule has 1 unspecified atom stereocenters. The van der Waals surface area contributed by atoms with Crippen molar-refractivity contribution >= 4 is 5.91 Å². The molecule has 5 nitrogen and oxygen atoms in total. The number of primary amides is 1. The number of carbonyl (C=O) groups is 1. The summed E-state index contributed by atoms with van der Waals surface area (Å²) < 4.78 is 0. The predicted molar refractivity (Wildman–Crippen MR) is 52.1 cm³/mol. The molecular formula is C9H14N4O. The molecule has 0 aliphatic heterocycles. The number of aromatic nitrogens is 2. The van der Waals surface area contributed by atoms with E-state index in [0.717, 1.165) is 5.69 Å². The average Bonchev–Trinajstić information content (AvgIpc) is 2.20. The van der Waals surface area contributed by atoms with E-state index in [1.54, 1.807) is 12.3 Å². The van der Waals surface area contributed by atoms with Crippen LogP contribution in [0, 0.1) is 0 Å². The maximum atomic E-state index is 10.9. The van der Waals surface area contributed by atoms with Crippen LogP contribution in [0.25, 0.3) is 0 Å². The molecule has 0 bridgehead atoms. The smallest absolute Gasteiger partial charge is 0.234 e. The van der Waals surface area contributed by atoms with Crippen LogP contribution in [0.3, 0.4) is 0 Å². The summed E-state index contributed by atoms with van der Waals surface area (Å²) in [6.07, 6.45) is 3.82. The zero-order chi connectivity index (χ0) is 10.4. The third-order valence-electron chi connectivity index (χ3n) is 1.92. The molecule has 0 radical (unpaired) electrons. The van der Waals surface area contributed by atoms with Crippen molar-refractivity contribution in [1.29, 1.82) is 0 Å². The second-order valence-corrected chi connectivity index (χ2v) is 2.94. The van der Waals surface area contributed by atoms with E-state index in [1.165, 1.54) is 6.33 Å². The lowest BCUT2D eigenvalue weighted by atomic mass is 10.2. The van der Waals surface area contributed by atoms with Crippen LogP contribution in [0.1, 0.15) is 19.0 Å². The summed E-state index contributed by atoms with van der Waals surface area (Å²) in [6, 6.07) is 1.51. The number of nitrogens with two attached hydrogens (primary N) is 1. The summed E-state index contributed by atoms with van der Waals surface area (Å²) in [5.41, 5.74) is 6.02. The molecule has 1 amide bonds. The van der Waals surface area contributed by atoms with E-state index >= 15 is 0 Å². The fourth-order valence-corrected chi connectivity index (χ4v) is 1.10. The van der Waals surface area contributed by atoms with Crippen molar-refractivity contribution in [1.82, 2.24) is 15.3 Å². The number of carbonyl (C=O) groups excluding carboxylic acids is 1. The molecule has 0 aliphatic carbocycles. The van der Waals surface area contributed by atoms with Crippen molar-refractivity contribution in [2.45, 2.75) is 25.9 Å². The summed E-state index contributed by atoms with van der Waals surface area (Å²) in [6.45, 7) is 2.44. The van der Waals surface area contributed by atoms with E-state index in [1.807, 2.05) is 6.92 Å². The van der Waals surface area contributed by atoms with Crippen molar-refractivity contribution < 1.29 is 4.79 Å². The van der Waals surface area contributed by atoms with Gasteiger partial charge in [0.05, 0.1) is 11.7 Å². The van der Waals surface area contributed by atoms with Crippen LogP contribution < -0.4 is 11.1 Å². The van der Waals surface area contributed by atoms with Crippen LogP contribution in [0.5, 0.6) is 0 Å². The summed E-state index contributed by atoms with van der Waals surface area (Å²) in [4.78, 5) is 18.7. The van der Waals surface area contributed by atoms with Crippen molar-refractivity contribution in [3.05, 3.63) is 24.3 Å². The monoisotopic (exact) mass is 194 g/mol. The molecule has 14 heavy (non-hydrogen) atoms. The van der Waals surface area contributed by atoms with E-state index in [0.29, 0.717) is 13.0 Å². The molecule has 0 saturated heterocycles. The maximum Gasteiger partial charge on any atom is 0.234 e. The molecule has 0 aliphatic rings. The minimum absolute atomic E-state index is 0.287. The second-order valence-electron chi connectivity index (χ2n) is 2.94. The van der Waals surface area contributed by atoms with Gasteiger partial charge in [0, 0.05) is 12.7 Å². The molecule has 0 aromatic carbocycles. The Hall–Kier alpha value is -1.49. The van der Waals surface area contributed by atoms with E-state index in [4.69, 9.17) is 5.73 Å². The standard InChI is InChI=1S/C9H14N4O/c1-2-8(9(10)14)12-5-7-3-4-11-6-13-7/h3-4,6,8,12H,2,5H2,1H3,(H2,10,14). The zero-order valence-electron chi connectivity index (χ0n) is 8.10. The molecular weight excluding hydrogens is 180 g/mol. The van der Waals surface area contributed by atoms with Crippen molar-refractivity contribution in [2.75, 3.05) is 0 Å². The van der Waals surface area contributed by atoms with Crippen molar-refractivity contribution in [3.63, 3.8) is 0 Å². The van der Waals surface area contributed by atoms with E-state index in [9.17, 15) is 4.79 Å². The highest BCUT2D eigenvalue weighted by Gasteiger charge is 2.11. The zero-order valence-corrected chi connectivity index (χ0v) is 8.10. The molecule has 1 aromatic heterocycles. The Morgan fingerprint density at radius 1 is 1.71 bits per heavy atom. The third-order valence-corrected chi connectivity index (χ3v) is 1.92. The molecule has 5 heteroatoms. The largest absolute Gasteiger partial charge is 0.368 e. The van der Waals surface area contributed by atoms with Crippen LogP contribution >= 0.6 is 0 Å². The molecule has 0 spiro atoms. The summed E-state index contributed by atoms with van der Waals surface area (Å²) >= 11 is 0. The lowest BCUT2D eigenvalue weighted by Crippen LogP contribution is -2.40. The molecule has 1 aromatic rings. The Morgan fingerprint density at radius 3 is 3.00 bits per heavy atom. The Bertz CT molecular complexity index is 288. The lowest BCUT2D eigenvalue weighted by Gasteiger charge is -2.12. The topological polar surface area (TPSA) is 80.9 Å². The van der Waals surface area contributed by atoms with Gasteiger partial charge >= 0.3 is 0 Å². The van der Waals surface area contributed by atoms with E-state index < -0.39 is 0 Å². The number of amides is 1. The second kappa shape index (κ2) is 5.29. The maximum absolute atomic E-state index is 10.9. The van der Waals surface area contributed by atoms with Crippen LogP contribution in [0.15, 0.2) is 18.6 Å². The normalized spacial score (nSPS) is 12.4. The summed E-state index contributed by atoms with van der Waals surface area (Å²) in [7, 11) is 0. The average molecular weight is 194 g/mol. The van der Waals surface area contributed by atoms with Gasteiger partial charge in [-0.25, -0.2) is 9.97 Å². The number of nitrogens with zero attached hydrogens (tertiary/aromatic N) is 2. The molecule has 76 valence electrons. The lowest BCUT2D eigenvalue weighted by molar-refractivity contribution is -0.120. The van der Waals surface area contributed by atoms with Gasteiger partial charge in [-0.2, -0.15) is 0 Å². The quantitative estimate of drug-likeness (QED) is 0.682. The Labute approximate surface area is 82.7 Å². The first-order chi connectivity index (χ1) is 6.74. The molecule has 1 heterocycles. The van der Waals surface area contributed by atoms with Gasteiger partial charge in [0.25, 0.3) is 0 Å². The third kappa shape index (κ3) is 3.10. The highest BCUT2D eigenvalue weighted by atomic mass is 16.1. The van der Waals surface area contributed by atoms with Gasteiger partial charge in [-0.3, -0.25) is 4.79 Å². The van der Waals surface area contributed by atoms with Crippen LogP contribution in [0.4, 0.5) is 0 Å². The summed E-state index contributed by atoms with van der Waals surface area (Å²) in [5, 5.41) is 3.02. The molecule has 1 rings (SSSR count). The Morgan fingerprint density at radius 2 is 2.50 bits per heavy atom. The fraction of sp³-hybridized carbons (Fsp3) is 0.444. The number of hydrogen-bond donors (Lipinski definition) is 2. The Kier molecular flexibility index (Phi) is 4.00. The van der Waals surface area contributed by atoms with Crippen LogP contribution in [-0.4, -0.2) is 21.9 Å². The SMILES string of the molecule is CCC(NCc1ccncn1)C(N)=O. The van der Waals surface area contributed by atoms with Gasteiger partial charge in [-0.1, -0.05) is 6.92 Å². The Balaban J connectivity index is 2.44. The first kappa shape index (κ1) is 10.6. The fourth-order valence-electron chi connectivity index (χ4n) is 1.10. The predicted octanol–water partition coefficient (Wildman–Crippen LogP) is -0.170. The van der Waals surface area contributed by atoms with Gasteiger partial charge in [0.15, 0.2) is 0 Å². The minimum atomic E-state index is -0.332. The minimum Gasteiger partial charge on any atom is -0.368 e.